The number of nitrogens with one attached hydrogen (secondary N) is 1. The maximum atomic E-state index is 13.6. The Bertz CT molecular complexity index is 1370. The van der Waals surface area contributed by atoms with Gasteiger partial charge in [-0.05, 0) is 67.4 Å². The van der Waals surface area contributed by atoms with E-state index in [1.165, 1.54) is 29.2 Å². The van der Waals surface area contributed by atoms with Crippen molar-refractivity contribution in [2.45, 2.75) is 18.6 Å². The van der Waals surface area contributed by atoms with Gasteiger partial charge in [0.2, 0.25) is 5.91 Å². The average molecular weight is 526 g/mol. The number of nitrogens with zero attached hydrogens (tertiary/aromatic N) is 2. The smallest absolute Gasteiger partial charge is 0.269 e. The molecule has 0 saturated carbocycles. The topological polar surface area (TPSA) is 73.2 Å². The lowest BCUT2D eigenvalue weighted by Gasteiger charge is -2.18. The van der Waals surface area contributed by atoms with Crippen molar-refractivity contribution < 1.29 is 14.0 Å². The van der Waals surface area contributed by atoms with Crippen LogP contribution >= 0.6 is 35.0 Å². The number of hydrogen-bond acceptors (Lipinski definition) is 4. The fourth-order valence-corrected chi connectivity index (χ4v) is 5.15. The summed E-state index contributed by atoms with van der Waals surface area (Å²) in [4.78, 5) is 27.8. The fourth-order valence-electron chi connectivity index (χ4n) is 3.52. The molecule has 35 heavy (non-hydrogen) atoms. The lowest BCUT2D eigenvalue weighted by Crippen LogP contribution is -2.31. The molecule has 1 N–H and O–H groups in total. The van der Waals surface area contributed by atoms with Gasteiger partial charge in [-0.1, -0.05) is 58.7 Å². The largest absolute Gasteiger partial charge is 0.321 e. The third-order valence-corrected chi connectivity index (χ3v) is 7.31. The summed E-state index contributed by atoms with van der Waals surface area (Å²) in [5.41, 5.74) is 2.44. The molecule has 1 aliphatic heterocycles. The van der Waals surface area contributed by atoms with E-state index in [0.29, 0.717) is 27.8 Å². The number of rotatable bonds is 5. The summed E-state index contributed by atoms with van der Waals surface area (Å²) in [7, 11) is 0. The van der Waals surface area contributed by atoms with Crippen LogP contribution in [0.15, 0.2) is 77.3 Å². The summed E-state index contributed by atoms with van der Waals surface area (Å²) in [6.45, 7) is 1.92. The number of thioether (sulfide) groups is 1. The first-order chi connectivity index (χ1) is 16.8. The van der Waals surface area contributed by atoms with Crippen LogP contribution in [-0.4, -0.2) is 17.1 Å². The van der Waals surface area contributed by atoms with Gasteiger partial charge in [-0.3, -0.25) is 14.5 Å². The maximum Gasteiger partial charge on any atom is 0.269 e. The van der Waals surface area contributed by atoms with Crippen LogP contribution in [0.5, 0.6) is 0 Å². The molecule has 1 aliphatic rings. The van der Waals surface area contributed by atoms with Gasteiger partial charge in [0.25, 0.3) is 5.91 Å². The van der Waals surface area contributed by atoms with E-state index < -0.39 is 17.0 Å². The fraction of sp³-hybridized carbons (Fsp3) is 0.115. The van der Waals surface area contributed by atoms with Crippen molar-refractivity contribution in [1.29, 1.82) is 5.26 Å². The molecule has 0 aromatic heterocycles. The lowest BCUT2D eigenvalue weighted by atomic mass is 10.1. The quantitative estimate of drug-likeness (QED) is 0.304. The minimum absolute atomic E-state index is 0.179. The van der Waals surface area contributed by atoms with Gasteiger partial charge in [-0.15, -0.1) is 0 Å². The Labute approximate surface area is 216 Å². The zero-order valence-corrected chi connectivity index (χ0v) is 20.7. The van der Waals surface area contributed by atoms with Crippen LogP contribution in [0.2, 0.25) is 10.0 Å². The van der Waals surface area contributed by atoms with Crippen LogP contribution in [0.25, 0.3) is 0 Å². The third kappa shape index (κ3) is 5.51. The standard InChI is InChI=1S/C26H18Cl2FN3O2S/c1-15-2-7-18(8-3-15)31-24(33)20(14-30)26-32(19-9-5-17(29)6-10-19)25(34)23(35-26)13-16-4-11-21(27)22(28)12-16/h2-12,23H,13H2,1H3,(H,31,33)/b26-20-/t23-/m0/s1. The Balaban J connectivity index is 1.72. The van der Waals surface area contributed by atoms with Gasteiger partial charge in [0.05, 0.1) is 15.3 Å². The zero-order chi connectivity index (χ0) is 25.1. The number of amides is 2. The molecule has 1 fully saturated rings. The maximum absolute atomic E-state index is 13.6. The van der Waals surface area contributed by atoms with E-state index in [0.717, 1.165) is 22.9 Å². The Morgan fingerprint density at radius 3 is 2.40 bits per heavy atom. The molecule has 1 saturated heterocycles. The second kappa shape index (κ2) is 10.5. The Morgan fingerprint density at radius 2 is 1.77 bits per heavy atom. The van der Waals surface area contributed by atoms with Crippen molar-refractivity contribution in [1.82, 2.24) is 0 Å². The normalized spacial score (nSPS) is 16.7. The Hall–Kier alpha value is -3.31. The van der Waals surface area contributed by atoms with E-state index >= 15 is 0 Å². The van der Waals surface area contributed by atoms with Crippen molar-refractivity contribution in [3.63, 3.8) is 0 Å². The number of halogens is 3. The number of aryl methyl sites for hydroxylation is 1. The van der Waals surface area contributed by atoms with E-state index in [1.807, 2.05) is 25.1 Å². The van der Waals surface area contributed by atoms with Crippen molar-refractivity contribution in [2.75, 3.05) is 10.2 Å². The molecule has 176 valence electrons. The molecular weight excluding hydrogens is 508 g/mol. The van der Waals surface area contributed by atoms with Crippen molar-refractivity contribution in [2.24, 2.45) is 0 Å². The summed E-state index contributed by atoms with van der Waals surface area (Å²) in [5.74, 6) is -1.45. The van der Waals surface area contributed by atoms with E-state index in [9.17, 15) is 19.2 Å². The van der Waals surface area contributed by atoms with E-state index in [1.54, 1.807) is 30.3 Å². The predicted octanol–water partition coefficient (Wildman–Crippen LogP) is 6.51. The molecule has 0 aliphatic carbocycles. The summed E-state index contributed by atoms with van der Waals surface area (Å²) in [6, 6.07) is 19.5. The molecule has 9 heteroatoms. The summed E-state index contributed by atoms with van der Waals surface area (Å²) >= 11 is 13.2. The predicted molar refractivity (Wildman–Crippen MR) is 138 cm³/mol. The van der Waals surface area contributed by atoms with Gasteiger partial charge in [0.15, 0.2) is 0 Å². The van der Waals surface area contributed by atoms with Crippen molar-refractivity contribution in [3.8, 4) is 6.07 Å². The van der Waals surface area contributed by atoms with Crippen molar-refractivity contribution >= 4 is 58.2 Å². The van der Waals surface area contributed by atoms with Crippen LogP contribution in [0, 0.1) is 24.1 Å². The zero-order valence-electron chi connectivity index (χ0n) is 18.4. The first-order valence-corrected chi connectivity index (χ1v) is 12.1. The molecule has 1 heterocycles. The second-order valence-electron chi connectivity index (χ2n) is 7.82. The van der Waals surface area contributed by atoms with E-state index in [-0.39, 0.29) is 16.5 Å². The summed E-state index contributed by atoms with van der Waals surface area (Å²) < 4.78 is 13.6. The molecule has 4 rings (SSSR count). The van der Waals surface area contributed by atoms with Gasteiger partial charge >= 0.3 is 0 Å². The molecule has 3 aromatic rings. The average Bonchev–Trinajstić information content (AvgIpc) is 3.14. The first kappa shape index (κ1) is 24.8. The lowest BCUT2D eigenvalue weighted by molar-refractivity contribution is -0.117. The number of benzene rings is 3. The number of anilines is 2. The number of carbonyl (C=O) groups excluding carboxylic acids is 2. The molecule has 0 bridgehead atoms. The monoisotopic (exact) mass is 525 g/mol. The second-order valence-corrected chi connectivity index (χ2v) is 9.83. The SMILES string of the molecule is Cc1ccc(NC(=O)/C(C#N)=C2\S[C@@H](Cc3ccc(Cl)c(Cl)c3)C(=O)N2c2ccc(F)cc2)cc1. The number of nitriles is 1. The van der Waals surface area contributed by atoms with Crippen molar-refractivity contribution in [3.05, 3.63) is 104 Å². The van der Waals surface area contributed by atoms with Gasteiger partial charge in [-0.25, -0.2) is 4.39 Å². The molecule has 0 radical (unpaired) electrons. The highest BCUT2D eigenvalue weighted by molar-refractivity contribution is 8.05. The molecule has 5 nitrogen and oxygen atoms in total. The molecular formula is C26H18Cl2FN3O2S. The van der Waals surface area contributed by atoms with Gasteiger partial charge < -0.3 is 5.32 Å². The van der Waals surface area contributed by atoms with Crippen LogP contribution in [0.1, 0.15) is 11.1 Å². The number of carbonyl (C=O) groups is 2. The van der Waals surface area contributed by atoms with Gasteiger partial charge in [0, 0.05) is 11.4 Å². The molecule has 2 amide bonds. The van der Waals surface area contributed by atoms with Crippen LogP contribution in [0.3, 0.4) is 0 Å². The van der Waals surface area contributed by atoms with Gasteiger partial charge in [0.1, 0.15) is 22.5 Å². The Kier molecular flexibility index (Phi) is 7.46. The third-order valence-electron chi connectivity index (χ3n) is 5.30. The molecule has 0 spiro atoms. The Morgan fingerprint density at radius 1 is 1.09 bits per heavy atom. The van der Waals surface area contributed by atoms with E-state index in [2.05, 4.69) is 5.32 Å². The van der Waals surface area contributed by atoms with Crippen LogP contribution < -0.4 is 10.2 Å². The highest BCUT2D eigenvalue weighted by atomic mass is 35.5. The minimum Gasteiger partial charge on any atom is -0.321 e. The summed E-state index contributed by atoms with van der Waals surface area (Å²) in [5, 5.41) is 12.9. The van der Waals surface area contributed by atoms with E-state index in [4.69, 9.17) is 23.2 Å². The minimum atomic E-state index is -0.644. The highest BCUT2D eigenvalue weighted by Gasteiger charge is 2.41. The first-order valence-electron chi connectivity index (χ1n) is 10.5. The highest BCUT2D eigenvalue weighted by Crippen LogP contribution is 2.42. The number of hydrogen-bond donors (Lipinski definition) is 1. The van der Waals surface area contributed by atoms with Crippen LogP contribution in [-0.2, 0) is 16.0 Å². The summed E-state index contributed by atoms with van der Waals surface area (Å²) in [6.07, 6.45) is 0.292. The van der Waals surface area contributed by atoms with Crippen LogP contribution in [0.4, 0.5) is 15.8 Å². The molecule has 1 atom stereocenters. The molecule has 3 aromatic carbocycles. The molecule has 0 unspecified atom stereocenters. The van der Waals surface area contributed by atoms with Gasteiger partial charge in [-0.2, -0.15) is 5.26 Å².